The summed E-state index contributed by atoms with van der Waals surface area (Å²) in [5.74, 6) is -0.624. The number of ether oxygens (including phenoxy) is 1. The predicted molar refractivity (Wildman–Crippen MR) is 62.1 cm³/mol. The van der Waals surface area contributed by atoms with Gasteiger partial charge in [-0.05, 0) is 13.8 Å². The summed E-state index contributed by atoms with van der Waals surface area (Å²) in [6.45, 7) is 2.40. The van der Waals surface area contributed by atoms with Crippen LogP contribution in [0.3, 0.4) is 0 Å². The van der Waals surface area contributed by atoms with Crippen molar-refractivity contribution >= 4 is 11.8 Å². The predicted octanol–water partition coefficient (Wildman–Crippen LogP) is -1.44. The highest BCUT2D eigenvalue weighted by atomic mass is 16.5. The fourth-order valence-electron chi connectivity index (χ4n) is 1.52. The highest BCUT2D eigenvalue weighted by molar-refractivity contribution is 5.97. The molecule has 7 nitrogen and oxygen atoms in total. The third-order valence-electron chi connectivity index (χ3n) is 2.57. The number of aliphatic hydroxyl groups is 2. The fourth-order valence-corrected chi connectivity index (χ4v) is 1.52. The van der Waals surface area contributed by atoms with Gasteiger partial charge in [-0.2, -0.15) is 0 Å². The first-order valence-electron chi connectivity index (χ1n) is 5.64. The second-order valence-electron chi connectivity index (χ2n) is 4.02. The molecule has 102 valence electrons. The van der Waals surface area contributed by atoms with Crippen molar-refractivity contribution in [2.45, 2.75) is 26.2 Å². The molecule has 1 aliphatic heterocycles. The molecule has 0 bridgehead atoms. The minimum absolute atomic E-state index is 0.108. The molecular weight excluding hydrogens is 240 g/mol. The van der Waals surface area contributed by atoms with Crippen LogP contribution in [0.25, 0.3) is 0 Å². The Balaban J connectivity index is 2.78. The molecule has 0 saturated heterocycles. The molecule has 3 N–H and O–H groups in total. The van der Waals surface area contributed by atoms with Crippen molar-refractivity contribution < 1.29 is 24.5 Å². The van der Waals surface area contributed by atoms with Crippen LogP contribution >= 0.6 is 0 Å². The third-order valence-corrected chi connectivity index (χ3v) is 2.57. The van der Waals surface area contributed by atoms with Crippen molar-refractivity contribution in [2.75, 3.05) is 19.8 Å². The Morgan fingerprint density at radius 2 is 2.06 bits per heavy atom. The number of nitrogens with zero attached hydrogens (tertiary/aromatic N) is 1. The van der Waals surface area contributed by atoms with Crippen LogP contribution in [0.5, 0.6) is 0 Å². The summed E-state index contributed by atoms with van der Waals surface area (Å²) in [6, 6.07) is 0. The van der Waals surface area contributed by atoms with Gasteiger partial charge in [-0.25, -0.2) is 0 Å². The zero-order chi connectivity index (χ0) is 13.7. The molecule has 0 radical (unpaired) electrons. The maximum absolute atomic E-state index is 11.8. The van der Waals surface area contributed by atoms with E-state index in [0.717, 1.165) is 0 Å². The maximum atomic E-state index is 11.8. The molecular formula is C11H18N2O5. The second-order valence-corrected chi connectivity index (χ2v) is 4.02. The van der Waals surface area contributed by atoms with Crippen LogP contribution in [0.1, 0.15) is 13.8 Å². The summed E-state index contributed by atoms with van der Waals surface area (Å²) >= 11 is 0. The van der Waals surface area contributed by atoms with Gasteiger partial charge in [-0.1, -0.05) is 0 Å². The van der Waals surface area contributed by atoms with E-state index in [2.05, 4.69) is 5.32 Å². The van der Waals surface area contributed by atoms with Gasteiger partial charge in [0.05, 0.1) is 19.8 Å². The number of hydrogen-bond donors (Lipinski definition) is 3. The quantitative estimate of drug-likeness (QED) is 0.561. The highest BCUT2D eigenvalue weighted by Gasteiger charge is 2.25. The topological polar surface area (TPSA) is 99.1 Å². The Morgan fingerprint density at radius 1 is 1.44 bits per heavy atom. The van der Waals surface area contributed by atoms with Crippen molar-refractivity contribution in [3.05, 3.63) is 11.8 Å². The first-order chi connectivity index (χ1) is 8.49. The van der Waals surface area contributed by atoms with Crippen LogP contribution in [-0.4, -0.2) is 59.0 Å². The fraction of sp³-hybridized carbons (Fsp3) is 0.636. The average molecular weight is 258 g/mol. The van der Waals surface area contributed by atoms with Gasteiger partial charge in [-0.3, -0.25) is 14.5 Å². The van der Waals surface area contributed by atoms with E-state index >= 15 is 0 Å². The van der Waals surface area contributed by atoms with Crippen LogP contribution < -0.4 is 5.32 Å². The molecule has 1 rings (SSSR count). The number of carbonyl (C=O) groups is 2. The zero-order valence-electron chi connectivity index (χ0n) is 10.4. The molecule has 1 atom stereocenters. The van der Waals surface area contributed by atoms with Crippen LogP contribution in [0.2, 0.25) is 0 Å². The van der Waals surface area contributed by atoms with E-state index in [1.54, 1.807) is 13.8 Å². The minimum Gasteiger partial charge on any atom is -0.394 e. The van der Waals surface area contributed by atoms with Crippen molar-refractivity contribution in [3.8, 4) is 0 Å². The largest absolute Gasteiger partial charge is 0.394 e. The maximum Gasteiger partial charge on any atom is 0.248 e. The number of rotatable bonds is 5. The van der Waals surface area contributed by atoms with Crippen LogP contribution in [0.15, 0.2) is 11.8 Å². The molecule has 1 aliphatic rings. The molecule has 7 heteroatoms. The van der Waals surface area contributed by atoms with E-state index in [4.69, 9.17) is 14.9 Å². The summed E-state index contributed by atoms with van der Waals surface area (Å²) in [5.41, 5.74) is 0.390. The molecule has 0 spiro atoms. The Morgan fingerprint density at radius 3 is 2.61 bits per heavy atom. The van der Waals surface area contributed by atoms with Gasteiger partial charge in [-0.15, -0.1) is 0 Å². The molecule has 0 aliphatic carbocycles. The van der Waals surface area contributed by atoms with Gasteiger partial charge in [0.2, 0.25) is 11.8 Å². The lowest BCUT2D eigenvalue weighted by molar-refractivity contribution is -0.147. The van der Waals surface area contributed by atoms with E-state index < -0.39 is 12.3 Å². The van der Waals surface area contributed by atoms with Crippen LogP contribution in [0.4, 0.5) is 0 Å². The van der Waals surface area contributed by atoms with Crippen molar-refractivity contribution in [1.82, 2.24) is 10.2 Å². The van der Waals surface area contributed by atoms with Gasteiger partial charge in [0.15, 0.2) is 0 Å². The number of aliphatic hydroxyl groups excluding tert-OH is 2. The van der Waals surface area contributed by atoms with Gasteiger partial charge in [0.25, 0.3) is 0 Å². The summed E-state index contributed by atoms with van der Waals surface area (Å²) in [7, 11) is 0. The lowest BCUT2D eigenvalue weighted by Gasteiger charge is -2.27. The smallest absolute Gasteiger partial charge is 0.248 e. The molecule has 0 saturated carbocycles. The van der Waals surface area contributed by atoms with Crippen molar-refractivity contribution in [1.29, 1.82) is 0 Å². The van der Waals surface area contributed by atoms with E-state index in [9.17, 15) is 9.59 Å². The second kappa shape index (κ2) is 6.48. The summed E-state index contributed by atoms with van der Waals surface area (Å²) in [6.07, 6.45) is -0.0286. The Hall–Kier alpha value is -1.44. The summed E-state index contributed by atoms with van der Waals surface area (Å²) in [4.78, 5) is 24.4. The van der Waals surface area contributed by atoms with Crippen LogP contribution in [0, 0.1) is 0 Å². The van der Waals surface area contributed by atoms with E-state index in [1.165, 1.54) is 11.1 Å². The summed E-state index contributed by atoms with van der Waals surface area (Å²) < 4.78 is 5.32. The first kappa shape index (κ1) is 14.6. The van der Waals surface area contributed by atoms with E-state index in [0.29, 0.717) is 5.57 Å². The Kier molecular flexibility index (Phi) is 5.26. The molecule has 0 unspecified atom stereocenters. The van der Waals surface area contributed by atoms with Crippen LogP contribution in [-0.2, 0) is 14.3 Å². The Labute approximate surface area is 105 Å². The zero-order valence-corrected chi connectivity index (χ0v) is 10.4. The van der Waals surface area contributed by atoms with Gasteiger partial charge in [0.1, 0.15) is 12.3 Å². The number of carbonyl (C=O) groups excluding carboxylic acids is 2. The minimum atomic E-state index is -0.756. The van der Waals surface area contributed by atoms with E-state index in [-0.39, 0.29) is 31.6 Å². The van der Waals surface area contributed by atoms with E-state index in [1.807, 2.05) is 0 Å². The molecule has 0 aromatic rings. The number of amides is 2. The first-order valence-corrected chi connectivity index (χ1v) is 5.64. The SMILES string of the molecule is CC1=CN([C@H](C)OC(CO)CO)C(=O)CNC1=O. The van der Waals surface area contributed by atoms with Gasteiger partial charge < -0.3 is 20.3 Å². The number of hydrogen-bond acceptors (Lipinski definition) is 5. The molecule has 0 aromatic heterocycles. The molecule has 2 amide bonds. The van der Waals surface area contributed by atoms with Gasteiger partial charge >= 0.3 is 0 Å². The monoisotopic (exact) mass is 258 g/mol. The normalized spacial score (nSPS) is 18.5. The average Bonchev–Trinajstić information content (AvgIpc) is 2.49. The summed E-state index contributed by atoms with van der Waals surface area (Å²) in [5, 5.41) is 20.3. The lowest BCUT2D eigenvalue weighted by Crippen LogP contribution is -2.42. The molecule has 0 fully saturated rings. The molecule has 18 heavy (non-hydrogen) atoms. The highest BCUT2D eigenvalue weighted by Crippen LogP contribution is 2.10. The number of nitrogens with one attached hydrogen (secondary N) is 1. The third kappa shape index (κ3) is 3.52. The lowest BCUT2D eigenvalue weighted by atomic mass is 10.3. The standard InChI is InChI=1S/C11H18N2O5/c1-7-4-13(10(16)3-12-11(7)17)8(2)18-9(5-14)6-15/h4,8-9,14-15H,3,5-6H2,1-2H3,(H,12,17)/t8-/m0/s1. The van der Waals surface area contributed by atoms with Crippen molar-refractivity contribution in [2.24, 2.45) is 0 Å². The molecule has 0 aromatic carbocycles. The molecule has 1 heterocycles. The van der Waals surface area contributed by atoms with Crippen molar-refractivity contribution in [3.63, 3.8) is 0 Å². The Bertz CT molecular complexity index is 351. The van der Waals surface area contributed by atoms with Gasteiger partial charge in [0, 0.05) is 11.8 Å².